The first-order chi connectivity index (χ1) is 11.1. The molecule has 2 amide bonds. The number of carbonyl (C=O) groups is 2. The van der Waals surface area contributed by atoms with Gasteiger partial charge in [-0.1, -0.05) is 18.2 Å². The summed E-state index contributed by atoms with van der Waals surface area (Å²) in [7, 11) is 0. The van der Waals surface area contributed by atoms with Gasteiger partial charge < -0.3 is 10.2 Å². The predicted octanol–water partition coefficient (Wildman–Crippen LogP) is 3.48. The van der Waals surface area contributed by atoms with Crippen molar-refractivity contribution in [2.75, 3.05) is 18.4 Å². The molecule has 118 valence electrons. The summed E-state index contributed by atoms with van der Waals surface area (Å²) in [6, 6.07) is 14.6. The zero-order chi connectivity index (χ0) is 16.2. The number of anilines is 1. The zero-order valence-corrected chi connectivity index (χ0v) is 13.2. The molecule has 1 heterocycles. The van der Waals surface area contributed by atoms with Gasteiger partial charge in [0.1, 0.15) is 0 Å². The molecule has 0 saturated carbocycles. The van der Waals surface area contributed by atoms with Crippen LogP contribution >= 0.6 is 0 Å². The number of carbonyl (C=O) groups excluding carboxylic acids is 2. The molecule has 23 heavy (non-hydrogen) atoms. The molecule has 1 aliphatic heterocycles. The van der Waals surface area contributed by atoms with E-state index in [1.165, 1.54) is 0 Å². The van der Waals surface area contributed by atoms with Gasteiger partial charge >= 0.3 is 0 Å². The van der Waals surface area contributed by atoms with Gasteiger partial charge in [-0.15, -0.1) is 0 Å². The predicted molar refractivity (Wildman–Crippen MR) is 90.7 cm³/mol. The number of nitrogens with zero attached hydrogens (tertiary/aromatic N) is 1. The second kappa shape index (κ2) is 6.65. The van der Waals surface area contributed by atoms with E-state index in [-0.39, 0.29) is 11.8 Å². The van der Waals surface area contributed by atoms with Crippen LogP contribution in [0, 0.1) is 6.92 Å². The summed E-state index contributed by atoms with van der Waals surface area (Å²) in [4.78, 5) is 26.4. The summed E-state index contributed by atoms with van der Waals surface area (Å²) in [6.07, 6.45) is 2.16. The molecule has 1 aliphatic rings. The molecule has 0 unspecified atom stereocenters. The molecule has 0 spiro atoms. The fourth-order valence-electron chi connectivity index (χ4n) is 2.83. The maximum atomic E-state index is 12.3. The number of nitrogens with one attached hydrogen (secondary N) is 1. The smallest absolute Gasteiger partial charge is 0.255 e. The Balaban J connectivity index is 1.69. The van der Waals surface area contributed by atoms with Crippen molar-refractivity contribution in [3.05, 3.63) is 65.2 Å². The Bertz CT molecular complexity index is 716. The molecule has 0 radical (unpaired) electrons. The van der Waals surface area contributed by atoms with Crippen molar-refractivity contribution in [2.45, 2.75) is 19.8 Å². The lowest BCUT2D eigenvalue weighted by molar-refractivity contribution is 0.0792. The number of rotatable bonds is 3. The van der Waals surface area contributed by atoms with Crippen molar-refractivity contribution in [1.29, 1.82) is 0 Å². The van der Waals surface area contributed by atoms with Gasteiger partial charge in [-0.25, -0.2) is 0 Å². The highest BCUT2D eigenvalue weighted by Gasteiger charge is 2.19. The van der Waals surface area contributed by atoms with Crippen molar-refractivity contribution in [3.8, 4) is 0 Å². The second-order valence-electron chi connectivity index (χ2n) is 5.85. The van der Waals surface area contributed by atoms with Gasteiger partial charge in [-0.05, 0) is 55.7 Å². The van der Waals surface area contributed by atoms with Crippen molar-refractivity contribution in [3.63, 3.8) is 0 Å². The second-order valence-corrected chi connectivity index (χ2v) is 5.85. The number of hydrogen-bond acceptors (Lipinski definition) is 2. The number of hydrogen-bond donors (Lipinski definition) is 1. The highest BCUT2D eigenvalue weighted by Crippen LogP contribution is 2.16. The van der Waals surface area contributed by atoms with Crippen molar-refractivity contribution >= 4 is 17.5 Å². The molecule has 0 atom stereocenters. The maximum absolute atomic E-state index is 12.3. The lowest BCUT2D eigenvalue weighted by atomic mass is 10.1. The van der Waals surface area contributed by atoms with Gasteiger partial charge in [0.15, 0.2) is 0 Å². The van der Waals surface area contributed by atoms with Crippen LogP contribution in [0.25, 0.3) is 0 Å². The SMILES string of the molecule is Cc1ccccc1C(=O)Nc1ccc(C(=O)N2CCCC2)cc1. The first-order valence-electron chi connectivity index (χ1n) is 7.91. The van der Waals surface area contributed by atoms with Crippen LogP contribution in [-0.2, 0) is 0 Å². The zero-order valence-electron chi connectivity index (χ0n) is 13.2. The molecule has 4 nitrogen and oxygen atoms in total. The van der Waals surface area contributed by atoms with E-state index in [2.05, 4.69) is 5.32 Å². The van der Waals surface area contributed by atoms with Gasteiger partial charge in [0.05, 0.1) is 0 Å². The highest BCUT2D eigenvalue weighted by molar-refractivity contribution is 6.05. The van der Waals surface area contributed by atoms with Crippen molar-refractivity contribution in [2.24, 2.45) is 0 Å². The van der Waals surface area contributed by atoms with Crippen molar-refractivity contribution in [1.82, 2.24) is 4.90 Å². The fourth-order valence-corrected chi connectivity index (χ4v) is 2.83. The molecule has 2 aromatic rings. The Morgan fingerprint density at radius 2 is 1.61 bits per heavy atom. The molecule has 3 rings (SSSR count). The Morgan fingerprint density at radius 3 is 2.26 bits per heavy atom. The lowest BCUT2D eigenvalue weighted by Crippen LogP contribution is -2.27. The molecule has 1 fully saturated rings. The number of benzene rings is 2. The number of amides is 2. The highest BCUT2D eigenvalue weighted by atomic mass is 16.2. The first kappa shape index (κ1) is 15.3. The molecule has 1 saturated heterocycles. The van der Waals surface area contributed by atoms with Gasteiger partial charge in [-0.2, -0.15) is 0 Å². The molecule has 4 heteroatoms. The Labute approximate surface area is 136 Å². The van der Waals surface area contributed by atoms with Crippen LogP contribution in [0.3, 0.4) is 0 Å². The molecule has 2 aromatic carbocycles. The Hall–Kier alpha value is -2.62. The van der Waals surface area contributed by atoms with Crippen LogP contribution in [0.15, 0.2) is 48.5 Å². The van der Waals surface area contributed by atoms with E-state index >= 15 is 0 Å². The maximum Gasteiger partial charge on any atom is 0.255 e. The molecular formula is C19H20N2O2. The summed E-state index contributed by atoms with van der Waals surface area (Å²) in [5.74, 6) is -0.0685. The third kappa shape index (κ3) is 3.42. The largest absolute Gasteiger partial charge is 0.339 e. The van der Waals surface area contributed by atoms with E-state index in [1.807, 2.05) is 30.0 Å². The van der Waals surface area contributed by atoms with E-state index in [1.54, 1.807) is 30.3 Å². The fraction of sp³-hybridized carbons (Fsp3) is 0.263. The summed E-state index contributed by atoms with van der Waals surface area (Å²) in [6.45, 7) is 3.59. The summed E-state index contributed by atoms with van der Waals surface area (Å²) >= 11 is 0. The average Bonchev–Trinajstić information content (AvgIpc) is 3.09. The summed E-state index contributed by atoms with van der Waals surface area (Å²) < 4.78 is 0. The Kier molecular flexibility index (Phi) is 4.42. The van der Waals surface area contributed by atoms with Crippen LogP contribution < -0.4 is 5.32 Å². The standard InChI is InChI=1S/C19H20N2O2/c1-14-6-2-3-7-17(14)18(22)20-16-10-8-15(9-11-16)19(23)21-12-4-5-13-21/h2-3,6-11H,4-5,12-13H2,1H3,(H,20,22). The molecule has 1 N–H and O–H groups in total. The summed E-state index contributed by atoms with van der Waals surface area (Å²) in [5, 5.41) is 2.87. The third-order valence-electron chi connectivity index (χ3n) is 4.17. The molecule has 0 aliphatic carbocycles. The number of aryl methyl sites for hydroxylation is 1. The average molecular weight is 308 g/mol. The monoisotopic (exact) mass is 308 g/mol. The first-order valence-corrected chi connectivity index (χ1v) is 7.91. The van der Waals surface area contributed by atoms with E-state index in [0.717, 1.165) is 31.5 Å². The van der Waals surface area contributed by atoms with E-state index in [9.17, 15) is 9.59 Å². The normalized spacial score (nSPS) is 13.9. The minimum absolute atomic E-state index is 0.0688. The topological polar surface area (TPSA) is 49.4 Å². The molecule has 0 bridgehead atoms. The third-order valence-corrected chi connectivity index (χ3v) is 4.17. The minimum atomic E-state index is -0.137. The van der Waals surface area contributed by atoms with Crippen LogP contribution in [0.1, 0.15) is 39.1 Å². The molecule has 0 aromatic heterocycles. The van der Waals surface area contributed by atoms with Gasteiger partial charge in [-0.3, -0.25) is 9.59 Å². The van der Waals surface area contributed by atoms with Crippen LogP contribution in [-0.4, -0.2) is 29.8 Å². The Morgan fingerprint density at radius 1 is 0.957 bits per heavy atom. The van der Waals surface area contributed by atoms with E-state index < -0.39 is 0 Å². The van der Waals surface area contributed by atoms with Gasteiger partial charge in [0.25, 0.3) is 11.8 Å². The van der Waals surface area contributed by atoms with Gasteiger partial charge in [0, 0.05) is 29.9 Å². The van der Waals surface area contributed by atoms with Crippen molar-refractivity contribution < 1.29 is 9.59 Å². The lowest BCUT2D eigenvalue weighted by Gasteiger charge is -2.15. The summed E-state index contributed by atoms with van der Waals surface area (Å²) in [5.41, 5.74) is 2.95. The molecular weight excluding hydrogens is 288 g/mol. The van der Waals surface area contributed by atoms with Crippen LogP contribution in [0.4, 0.5) is 5.69 Å². The van der Waals surface area contributed by atoms with Crippen LogP contribution in [0.2, 0.25) is 0 Å². The van der Waals surface area contributed by atoms with Gasteiger partial charge in [0.2, 0.25) is 0 Å². The minimum Gasteiger partial charge on any atom is -0.339 e. The quantitative estimate of drug-likeness (QED) is 0.943. The van der Waals surface area contributed by atoms with E-state index in [0.29, 0.717) is 16.8 Å². The van der Waals surface area contributed by atoms with Crippen LogP contribution in [0.5, 0.6) is 0 Å². The number of likely N-dealkylation sites (tertiary alicyclic amines) is 1. The van der Waals surface area contributed by atoms with E-state index in [4.69, 9.17) is 0 Å².